The fourth-order valence-corrected chi connectivity index (χ4v) is 2.95. The SMILES string of the molecule is NCC1CN(C(=O)C2CCCCC2C(F)(F)F)C1. The van der Waals surface area contributed by atoms with E-state index >= 15 is 0 Å². The molecule has 0 radical (unpaired) electrons. The van der Waals surface area contributed by atoms with Crippen LogP contribution in [0.15, 0.2) is 0 Å². The van der Waals surface area contributed by atoms with E-state index in [2.05, 4.69) is 0 Å². The number of halogens is 3. The van der Waals surface area contributed by atoms with Crippen molar-refractivity contribution in [2.24, 2.45) is 23.5 Å². The first-order valence-corrected chi connectivity index (χ1v) is 6.49. The number of carbonyl (C=O) groups is 1. The lowest BCUT2D eigenvalue weighted by molar-refractivity contribution is -0.202. The highest BCUT2D eigenvalue weighted by atomic mass is 19.4. The summed E-state index contributed by atoms with van der Waals surface area (Å²) in [6.07, 6.45) is -2.50. The van der Waals surface area contributed by atoms with Gasteiger partial charge in [0.1, 0.15) is 0 Å². The first kappa shape index (κ1) is 13.6. The van der Waals surface area contributed by atoms with E-state index in [1.165, 1.54) is 4.90 Å². The number of hydrogen-bond donors (Lipinski definition) is 1. The zero-order chi connectivity index (χ0) is 13.3. The number of hydrogen-bond acceptors (Lipinski definition) is 2. The minimum atomic E-state index is -4.25. The van der Waals surface area contributed by atoms with Gasteiger partial charge in [0.15, 0.2) is 0 Å². The average molecular weight is 264 g/mol. The molecule has 104 valence electrons. The molecule has 18 heavy (non-hydrogen) atoms. The summed E-state index contributed by atoms with van der Waals surface area (Å²) in [5, 5.41) is 0. The lowest BCUT2D eigenvalue weighted by Crippen LogP contribution is -2.56. The van der Waals surface area contributed by atoms with E-state index in [1.807, 2.05) is 0 Å². The van der Waals surface area contributed by atoms with Crippen LogP contribution in [0.25, 0.3) is 0 Å². The summed E-state index contributed by atoms with van der Waals surface area (Å²) < 4.78 is 38.7. The van der Waals surface area contributed by atoms with Gasteiger partial charge in [0, 0.05) is 24.9 Å². The van der Waals surface area contributed by atoms with Crippen LogP contribution in [0.4, 0.5) is 13.2 Å². The topological polar surface area (TPSA) is 46.3 Å². The van der Waals surface area contributed by atoms with Crippen molar-refractivity contribution in [2.75, 3.05) is 19.6 Å². The summed E-state index contributed by atoms with van der Waals surface area (Å²) in [6, 6.07) is 0. The third-order valence-electron chi connectivity index (χ3n) is 4.11. The van der Waals surface area contributed by atoms with Crippen molar-refractivity contribution in [3.63, 3.8) is 0 Å². The van der Waals surface area contributed by atoms with E-state index in [4.69, 9.17) is 5.73 Å². The Kier molecular flexibility index (Phi) is 3.84. The maximum atomic E-state index is 12.9. The Hall–Kier alpha value is -0.780. The number of amides is 1. The Morgan fingerprint density at radius 3 is 2.39 bits per heavy atom. The summed E-state index contributed by atoms with van der Waals surface area (Å²) in [5.74, 6) is -2.36. The molecular formula is C12H19F3N2O. The van der Waals surface area contributed by atoms with Gasteiger partial charge in [-0.1, -0.05) is 12.8 Å². The number of rotatable bonds is 2. The fourth-order valence-electron chi connectivity index (χ4n) is 2.95. The molecule has 1 heterocycles. The molecule has 2 aliphatic rings. The Bertz CT molecular complexity index is 313. The molecule has 1 saturated carbocycles. The lowest BCUT2D eigenvalue weighted by atomic mass is 9.77. The second-order valence-electron chi connectivity index (χ2n) is 5.38. The number of nitrogens with two attached hydrogens (primary N) is 1. The van der Waals surface area contributed by atoms with Crippen LogP contribution in [0, 0.1) is 17.8 Å². The first-order chi connectivity index (χ1) is 8.43. The zero-order valence-electron chi connectivity index (χ0n) is 10.2. The van der Waals surface area contributed by atoms with Crippen LogP contribution in [0.1, 0.15) is 25.7 Å². The maximum absolute atomic E-state index is 12.9. The van der Waals surface area contributed by atoms with Gasteiger partial charge in [-0.25, -0.2) is 0 Å². The molecule has 2 atom stereocenters. The van der Waals surface area contributed by atoms with Crippen molar-refractivity contribution >= 4 is 5.91 Å². The minimum Gasteiger partial charge on any atom is -0.342 e. The molecule has 2 N–H and O–H groups in total. The standard InChI is InChI=1S/C12H19F3N2O/c13-12(14,15)10-4-2-1-3-9(10)11(18)17-6-8(5-16)7-17/h8-10H,1-7,16H2. The van der Waals surface area contributed by atoms with Crippen LogP contribution in [-0.4, -0.2) is 36.6 Å². The summed E-state index contributed by atoms with van der Waals surface area (Å²) in [6.45, 7) is 1.55. The Balaban J connectivity index is 1.99. The van der Waals surface area contributed by atoms with Crippen molar-refractivity contribution in [2.45, 2.75) is 31.9 Å². The largest absolute Gasteiger partial charge is 0.392 e. The number of likely N-dealkylation sites (tertiary alicyclic amines) is 1. The molecule has 0 spiro atoms. The molecule has 1 amide bonds. The highest BCUT2D eigenvalue weighted by Crippen LogP contribution is 2.42. The molecule has 0 aromatic heterocycles. The monoisotopic (exact) mass is 264 g/mol. The van der Waals surface area contributed by atoms with Gasteiger partial charge < -0.3 is 10.6 Å². The van der Waals surface area contributed by atoms with Crippen molar-refractivity contribution < 1.29 is 18.0 Å². The van der Waals surface area contributed by atoms with Gasteiger partial charge >= 0.3 is 6.18 Å². The van der Waals surface area contributed by atoms with Gasteiger partial charge in [-0.05, 0) is 19.4 Å². The molecule has 0 aromatic rings. The van der Waals surface area contributed by atoms with Crippen LogP contribution in [0.5, 0.6) is 0 Å². The van der Waals surface area contributed by atoms with Crippen molar-refractivity contribution in [3.05, 3.63) is 0 Å². The van der Waals surface area contributed by atoms with Crippen LogP contribution in [0.3, 0.4) is 0 Å². The van der Waals surface area contributed by atoms with E-state index in [0.29, 0.717) is 32.5 Å². The molecule has 1 aliphatic heterocycles. The number of nitrogens with zero attached hydrogens (tertiary/aromatic N) is 1. The highest BCUT2D eigenvalue weighted by Gasteiger charge is 2.49. The molecule has 0 aromatic carbocycles. The molecule has 2 unspecified atom stereocenters. The Morgan fingerprint density at radius 1 is 1.22 bits per heavy atom. The Morgan fingerprint density at radius 2 is 1.83 bits per heavy atom. The van der Waals surface area contributed by atoms with E-state index in [1.54, 1.807) is 0 Å². The highest BCUT2D eigenvalue weighted by molar-refractivity contribution is 5.80. The van der Waals surface area contributed by atoms with Crippen molar-refractivity contribution in [3.8, 4) is 0 Å². The van der Waals surface area contributed by atoms with Gasteiger partial charge in [-0.15, -0.1) is 0 Å². The van der Waals surface area contributed by atoms with Crippen LogP contribution < -0.4 is 5.73 Å². The van der Waals surface area contributed by atoms with Crippen molar-refractivity contribution in [1.29, 1.82) is 0 Å². The molecule has 0 bridgehead atoms. The normalized spacial score (nSPS) is 30.1. The lowest BCUT2D eigenvalue weighted by Gasteiger charge is -2.43. The van der Waals surface area contributed by atoms with Gasteiger partial charge in [0.2, 0.25) is 5.91 Å². The predicted molar refractivity (Wildman–Crippen MR) is 60.6 cm³/mol. The van der Waals surface area contributed by atoms with Crippen LogP contribution in [0.2, 0.25) is 0 Å². The summed E-state index contributed by atoms with van der Waals surface area (Å²) in [7, 11) is 0. The van der Waals surface area contributed by atoms with Gasteiger partial charge in [0.05, 0.1) is 5.92 Å². The summed E-state index contributed by atoms with van der Waals surface area (Å²) in [4.78, 5) is 13.6. The second kappa shape index (κ2) is 5.07. The molecule has 2 fully saturated rings. The fraction of sp³-hybridized carbons (Fsp3) is 0.917. The second-order valence-corrected chi connectivity index (χ2v) is 5.38. The van der Waals surface area contributed by atoms with Gasteiger partial charge in [0.25, 0.3) is 0 Å². The van der Waals surface area contributed by atoms with Crippen molar-refractivity contribution in [1.82, 2.24) is 4.90 Å². The molecule has 2 rings (SSSR count). The third kappa shape index (κ3) is 2.63. The molecule has 1 aliphatic carbocycles. The predicted octanol–water partition coefficient (Wildman–Crippen LogP) is 1.77. The van der Waals surface area contributed by atoms with E-state index in [-0.39, 0.29) is 18.2 Å². The zero-order valence-corrected chi connectivity index (χ0v) is 10.2. The number of carbonyl (C=O) groups excluding carboxylic acids is 1. The van der Waals surface area contributed by atoms with Crippen LogP contribution in [-0.2, 0) is 4.79 Å². The van der Waals surface area contributed by atoms with Gasteiger partial charge in [-0.3, -0.25) is 4.79 Å². The average Bonchev–Trinajstić information content (AvgIpc) is 2.26. The molecule has 3 nitrogen and oxygen atoms in total. The van der Waals surface area contributed by atoms with Gasteiger partial charge in [-0.2, -0.15) is 13.2 Å². The number of alkyl halides is 3. The third-order valence-corrected chi connectivity index (χ3v) is 4.11. The smallest absolute Gasteiger partial charge is 0.342 e. The Labute approximate surface area is 104 Å². The summed E-state index contributed by atoms with van der Waals surface area (Å²) >= 11 is 0. The van der Waals surface area contributed by atoms with E-state index in [9.17, 15) is 18.0 Å². The minimum absolute atomic E-state index is 0.0913. The molecular weight excluding hydrogens is 245 g/mol. The quantitative estimate of drug-likeness (QED) is 0.826. The molecule has 1 saturated heterocycles. The first-order valence-electron chi connectivity index (χ1n) is 6.49. The van der Waals surface area contributed by atoms with Crippen LogP contribution >= 0.6 is 0 Å². The van der Waals surface area contributed by atoms with E-state index < -0.39 is 18.0 Å². The maximum Gasteiger partial charge on any atom is 0.392 e. The summed E-state index contributed by atoms with van der Waals surface area (Å²) in [5.41, 5.74) is 5.45. The molecule has 6 heteroatoms. The van der Waals surface area contributed by atoms with E-state index in [0.717, 1.165) is 6.42 Å².